The first-order valence-corrected chi connectivity index (χ1v) is 7.62. The molecular formula is C19H22N2O3. The molecule has 0 saturated heterocycles. The summed E-state index contributed by atoms with van der Waals surface area (Å²) < 4.78 is 5.09. The molecule has 2 aromatic carbocycles. The van der Waals surface area contributed by atoms with E-state index >= 15 is 0 Å². The second-order valence-corrected chi connectivity index (χ2v) is 6.45. The maximum absolute atomic E-state index is 12.1. The molecule has 1 amide bonds. The summed E-state index contributed by atoms with van der Waals surface area (Å²) in [6.07, 6.45) is 1.37. The van der Waals surface area contributed by atoms with Gasteiger partial charge in [-0.1, -0.05) is 32.9 Å². The summed E-state index contributed by atoms with van der Waals surface area (Å²) in [4.78, 5) is 12.1. The number of phenols is 1. The number of amides is 1. The van der Waals surface area contributed by atoms with Crippen LogP contribution >= 0.6 is 0 Å². The molecule has 5 heteroatoms. The predicted molar refractivity (Wildman–Crippen MR) is 94.9 cm³/mol. The maximum Gasteiger partial charge on any atom is 0.271 e. The number of aromatic hydroxyl groups is 1. The van der Waals surface area contributed by atoms with Gasteiger partial charge in [0.05, 0.1) is 13.3 Å². The van der Waals surface area contributed by atoms with Gasteiger partial charge in [0.1, 0.15) is 11.5 Å². The van der Waals surface area contributed by atoms with E-state index in [0.717, 1.165) is 5.56 Å². The van der Waals surface area contributed by atoms with Gasteiger partial charge in [-0.05, 0) is 41.3 Å². The van der Waals surface area contributed by atoms with Crippen molar-refractivity contribution in [2.24, 2.45) is 5.10 Å². The van der Waals surface area contributed by atoms with Crippen molar-refractivity contribution in [3.63, 3.8) is 0 Å². The van der Waals surface area contributed by atoms with Crippen molar-refractivity contribution < 1.29 is 14.6 Å². The van der Waals surface area contributed by atoms with E-state index < -0.39 is 0 Å². The summed E-state index contributed by atoms with van der Waals surface area (Å²) in [6, 6.07) is 12.2. The van der Waals surface area contributed by atoms with Gasteiger partial charge in [0.15, 0.2) is 0 Å². The molecule has 0 unspecified atom stereocenters. The lowest BCUT2D eigenvalue weighted by Crippen LogP contribution is -2.18. The second-order valence-electron chi connectivity index (χ2n) is 6.45. The van der Waals surface area contributed by atoms with Crippen LogP contribution in [-0.4, -0.2) is 24.3 Å². The molecule has 24 heavy (non-hydrogen) atoms. The molecule has 126 valence electrons. The Bertz CT molecular complexity index is 744. The molecule has 0 aliphatic carbocycles. The molecule has 0 aromatic heterocycles. The van der Waals surface area contributed by atoms with Gasteiger partial charge in [0, 0.05) is 11.1 Å². The van der Waals surface area contributed by atoms with E-state index in [0.29, 0.717) is 16.9 Å². The zero-order valence-electron chi connectivity index (χ0n) is 14.3. The van der Waals surface area contributed by atoms with Crippen molar-refractivity contribution in [1.29, 1.82) is 0 Å². The number of phenolic OH excluding ortho intramolecular Hbond substituents is 1. The fourth-order valence-corrected chi connectivity index (χ4v) is 2.11. The van der Waals surface area contributed by atoms with Gasteiger partial charge in [-0.2, -0.15) is 5.10 Å². The number of nitrogens with one attached hydrogen (secondary N) is 1. The van der Waals surface area contributed by atoms with Crippen LogP contribution in [0.2, 0.25) is 0 Å². The quantitative estimate of drug-likeness (QED) is 0.667. The van der Waals surface area contributed by atoms with E-state index in [1.165, 1.54) is 19.4 Å². The smallest absolute Gasteiger partial charge is 0.271 e. The summed E-state index contributed by atoms with van der Waals surface area (Å²) >= 11 is 0. The van der Waals surface area contributed by atoms with Crippen molar-refractivity contribution in [1.82, 2.24) is 5.43 Å². The molecule has 0 aliphatic rings. The highest BCUT2D eigenvalue weighted by Gasteiger charge is 2.14. The molecule has 0 saturated carbocycles. The van der Waals surface area contributed by atoms with Crippen LogP contribution in [0.15, 0.2) is 47.6 Å². The van der Waals surface area contributed by atoms with Gasteiger partial charge in [-0.15, -0.1) is 0 Å². The third-order valence-electron chi connectivity index (χ3n) is 3.62. The highest BCUT2D eigenvalue weighted by atomic mass is 16.5. The van der Waals surface area contributed by atoms with Crippen LogP contribution in [0, 0.1) is 0 Å². The van der Waals surface area contributed by atoms with Gasteiger partial charge in [-0.25, -0.2) is 5.43 Å². The third-order valence-corrected chi connectivity index (χ3v) is 3.62. The normalized spacial score (nSPS) is 11.5. The molecule has 0 radical (unpaired) electrons. The molecule has 5 nitrogen and oxygen atoms in total. The fraction of sp³-hybridized carbons (Fsp3) is 0.263. The molecule has 0 fully saturated rings. The lowest BCUT2D eigenvalue weighted by molar-refractivity contribution is 0.0955. The summed E-state index contributed by atoms with van der Waals surface area (Å²) in [5.74, 6) is 0.343. The highest BCUT2D eigenvalue weighted by molar-refractivity contribution is 5.95. The lowest BCUT2D eigenvalue weighted by atomic mass is 9.87. The Kier molecular flexibility index (Phi) is 5.24. The van der Waals surface area contributed by atoms with Crippen molar-refractivity contribution >= 4 is 12.1 Å². The van der Waals surface area contributed by atoms with Crippen LogP contribution < -0.4 is 10.2 Å². The molecule has 0 heterocycles. The Balaban J connectivity index is 2.05. The van der Waals surface area contributed by atoms with Gasteiger partial charge in [0.2, 0.25) is 0 Å². The number of rotatable bonds is 4. The van der Waals surface area contributed by atoms with Crippen LogP contribution in [0.1, 0.15) is 42.3 Å². The van der Waals surface area contributed by atoms with Crippen molar-refractivity contribution in [2.45, 2.75) is 26.2 Å². The number of nitrogens with zero attached hydrogens (tertiary/aromatic N) is 1. The number of hydrazone groups is 1. The topological polar surface area (TPSA) is 70.9 Å². The molecule has 0 aliphatic heterocycles. The molecule has 2 aromatic rings. The van der Waals surface area contributed by atoms with Crippen LogP contribution in [0.25, 0.3) is 0 Å². The highest BCUT2D eigenvalue weighted by Crippen LogP contribution is 2.22. The number of carbonyl (C=O) groups excluding carboxylic acids is 1. The lowest BCUT2D eigenvalue weighted by Gasteiger charge is -2.18. The summed E-state index contributed by atoms with van der Waals surface area (Å²) in [7, 11) is 1.54. The number of hydrogen-bond donors (Lipinski definition) is 2. The van der Waals surface area contributed by atoms with Gasteiger partial charge >= 0.3 is 0 Å². The van der Waals surface area contributed by atoms with Crippen LogP contribution in [0.3, 0.4) is 0 Å². The average molecular weight is 326 g/mol. The standard InChI is InChI=1S/C19H22N2O3/c1-19(2,3)15-7-5-13(6-8-15)18(23)21-20-12-14-11-16(24-4)9-10-17(14)22/h5-12,22H,1-4H3,(H,21,23)/b20-12-. The second kappa shape index (κ2) is 7.17. The SMILES string of the molecule is COc1ccc(O)c(/C=N\NC(=O)c2ccc(C(C)(C)C)cc2)c1. The van der Waals surface area contributed by atoms with Gasteiger partial charge in [0.25, 0.3) is 5.91 Å². The maximum atomic E-state index is 12.1. The first-order chi connectivity index (χ1) is 11.3. The van der Waals surface area contributed by atoms with E-state index in [-0.39, 0.29) is 17.1 Å². The van der Waals surface area contributed by atoms with Crippen molar-refractivity contribution in [2.75, 3.05) is 7.11 Å². The predicted octanol–water partition coefficient (Wildman–Crippen LogP) is 3.46. The first-order valence-electron chi connectivity index (χ1n) is 7.62. The van der Waals surface area contributed by atoms with Crippen LogP contribution in [0.5, 0.6) is 11.5 Å². The Morgan fingerprint density at radius 1 is 1.17 bits per heavy atom. The fourth-order valence-electron chi connectivity index (χ4n) is 2.11. The summed E-state index contributed by atoms with van der Waals surface area (Å²) in [6.45, 7) is 6.35. The van der Waals surface area contributed by atoms with Crippen LogP contribution in [0.4, 0.5) is 0 Å². The molecular weight excluding hydrogens is 304 g/mol. The Hall–Kier alpha value is -2.82. The van der Waals surface area contributed by atoms with E-state index in [2.05, 4.69) is 31.3 Å². The Morgan fingerprint density at radius 2 is 1.83 bits per heavy atom. The van der Waals surface area contributed by atoms with Gasteiger partial charge < -0.3 is 9.84 Å². The molecule has 2 rings (SSSR count). The minimum Gasteiger partial charge on any atom is -0.507 e. The van der Waals surface area contributed by atoms with E-state index in [4.69, 9.17) is 4.74 Å². The monoisotopic (exact) mass is 326 g/mol. The molecule has 0 spiro atoms. The summed E-state index contributed by atoms with van der Waals surface area (Å²) in [5, 5.41) is 13.6. The molecule has 2 N–H and O–H groups in total. The van der Waals surface area contributed by atoms with E-state index in [1.807, 2.05) is 12.1 Å². The zero-order valence-corrected chi connectivity index (χ0v) is 14.3. The number of methoxy groups -OCH3 is 1. The summed E-state index contributed by atoms with van der Waals surface area (Å²) in [5.41, 5.74) is 4.62. The number of carbonyl (C=O) groups is 1. The Morgan fingerprint density at radius 3 is 2.42 bits per heavy atom. The molecule has 0 bridgehead atoms. The molecule has 0 atom stereocenters. The van der Waals surface area contributed by atoms with Crippen molar-refractivity contribution in [3.8, 4) is 11.5 Å². The van der Waals surface area contributed by atoms with Crippen LogP contribution in [-0.2, 0) is 5.41 Å². The van der Waals surface area contributed by atoms with Gasteiger partial charge in [-0.3, -0.25) is 4.79 Å². The average Bonchev–Trinajstić information content (AvgIpc) is 2.55. The number of hydrogen-bond acceptors (Lipinski definition) is 4. The largest absolute Gasteiger partial charge is 0.507 e. The first kappa shape index (κ1) is 17.5. The zero-order chi connectivity index (χ0) is 17.7. The minimum atomic E-state index is -0.311. The number of ether oxygens (including phenoxy) is 1. The van der Waals surface area contributed by atoms with E-state index in [1.54, 1.807) is 24.3 Å². The van der Waals surface area contributed by atoms with Crippen molar-refractivity contribution in [3.05, 3.63) is 59.2 Å². The third kappa shape index (κ3) is 4.35. The van der Waals surface area contributed by atoms with E-state index in [9.17, 15) is 9.90 Å². The number of benzene rings is 2. The Labute approximate surface area is 142 Å². The minimum absolute atomic E-state index is 0.0387.